The van der Waals surface area contributed by atoms with Crippen LogP contribution in [0.5, 0.6) is 0 Å². The van der Waals surface area contributed by atoms with Crippen molar-refractivity contribution < 1.29 is 4.79 Å². The molecule has 2 rings (SSSR count). The maximum Gasteiger partial charge on any atom is 0.248 e. The average Bonchev–Trinajstić information content (AvgIpc) is 2.73. The Morgan fingerprint density at radius 2 is 2.32 bits per heavy atom. The fourth-order valence-corrected chi connectivity index (χ4v) is 2.47. The van der Waals surface area contributed by atoms with Gasteiger partial charge in [0.25, 0.3) is 0 Å². The van der Waals surface area contributed by atoms with E-state index in [-0.39, 0.29) is 5.91 Å². The summed E-state index contributed by atoms with van der Waals surface area (Å²) in [7, 11) is 0. The zero-order chi connectivity index (χ0) is 13.8. The number of nitrogens with zero attached hydrogens (tertiary/aromatic N) is 2. The maximum atomic E-state index is 11.7. The quantitative estimate of drug-likeness (QED) is 0.928. The second-order valence-electron chi connectivity index (χ2n) is 4.33. The van der Waals surface area contributed by atoms with Gasteiger partial charge in [-0.25, -0.2) is 0 Å². The number of hydrogen-bond donors (Lipinski definition) is 1. The molecular weight excluding hydrogens is 306 g/mol. The van der Waals surface area contributed by atoms with Crippen molar-refractivity contribution >= 4 is 27.5 Å². The number of carbonyl (C=O) groups excluding carboxylic acids is 1. The van der Waals surface area contributed by atoms with Gasteiger partial charge in [-0.15, -0.1) is 0 Å². The molecule has 0 bridgehead atoms. The van der Waals surface area contributed by atoms with Crippen molar-refractivity contribution in [3.63, 3.8) is 0 Å². The third-order valence-corrected chi connectivity index (χ3v) is 3.54. The highest BCUT2D eigenvalue weighted by atomic mass is 79.9. The summed E-state index contributed by atoms with van der Waals surface area (Å²) in [6.45, 7) is 3.36. The number of nitriles is 1. The summed E-state index contributed by atoms with van der Waals surface area (Å²) in [5, 5.41) is 12.3. The van der Waals surface area contributed by atoms with E-state index in [1.165, 1.54) is 0 Å². The van der Waals surface area contributed by atoms with Crippen LogP contribution >= 0.6 is 15.9 Å². The lowest BCUT2D eigenvalue weighted by molar-refractivity contribution is -0.124. The van der Waals surface area contributed by atoms with Crippen molar-refractivity contribution in [2.45, 2.75) is 13.3 Å². The van der Waals surface area contributed by atoms with Gasteiger partial charge in [0.05, 0.1) is 17.8 Å². The molecule has 0 fully saturated rings. The first kappa shape index (κ1) is 13.6. The van der Waals surface area contributed by atoms with Crippen molar-refractivity contribution in [1.29, 1.82) is 5.26 Å². The van der Waals surface area contributed by atoms with Gasteiger partial charge in [-0.05, 0) is 34.5 Å². The van der Waals surface area contributed by atoms with Gasteiger partial charge in [0.1, 0.15) is 6.07 Å². The molecule has 4 nitrogen and oxygen atoms in total. The summed E-state index contributed by atoms with van der Waals surface area (Å²) >= 11 is 3.42. The Morgan fingerprint density at radius 1 is 1.53 bits per heavy atom. The van der Waals surface area contributed by atoms with Gasteiger partial charge >= 0.3 is 0 Å². The molecule has 0 saturated heterocycles. The van der Waals surface area contributed by atoms with Crippen LogP contribution < -0.4 is 5.32 Å². The highest BCUT2D eigenvalue weighted by Gasteiger charge is 2.21. The number of nitrogens with one attached hydrogen (secondary N) is 1. The Labute approximate surface area is 120 Å². The van der Waals surface area contributed by atoms with E-state index in [2.05, 4.69) is 27.3 Å². The summed E-state index contributed by atoms with van der Waals surface area (Å²) in [4.78, 5) is 13.5. The lowest BCUT2D eigenvalue weighted by Gasteiger charge is -2.16. The first-order chi connectivity index (χ1) is 9.15. The molecule has 1 aromatic rings. The molecule has 0 spiro atoms. The van der Waals surface area contributed by atoms with E-state index in [0.717, 1.165) is 23.1 Å². The van der Waals surface area contributed by atoms with E-state index in [9.17, 15) is 4.79 Å². The summed E-state index contributed by atoms with van der Waals surface area (Å²) in [6.07, 6.45) is 2.53. The van der Waals surface area contributed by atoms with Gasteiger partial charge in [-0.2, -0.15) is 5.26 Å². The van der Waals surface area contributed by atoms with E-state index in [1.807, 2.05) is 19.1 Å². The van der Waals surface area contributed by atoms with Gasteiger partial charge in [0, 0.05) is 22.8 Å². The Bertz CT molecular complexity index is 575. The van der Waals surface area contributed by atoms with Crippen molar-refractivity contribution in [3.8, 4) is 6.07 Å². The highest BCUT2D eigenvalue weighted by molar-refractivity contribution is 9.10. The van der Waals surface area contributed by atoms with Gasteiger partial charge in [-0.3, -0.25) is 4.79 Å². The number of halogens is 1. The first-order valence-electron chi connectivity index (χ1n) is 6.10. The fourth-order valence-electron chi connectivity index (χ4n) is 2.01. The predicted molar refractivity (Wildman–Crippen MR) is 77.4 cm³/mol. The SMILES string of the molecule is CCCN1CC(Nc2c(Br)cccc2C#N)=CC1=O. The second-order valence-corrected chi connectivity index (χ2v) is 5.18. The number of benzene rings is 1. The number of anilines is 1. The minimum absolute atomic E-state index is 0.0231. The Kier molecular flexibility index (Phi) is 4.23. The Hall–Kier alpha value is -1.80. The van der Waals surface area contributed by atoms with Crippen LogP contribution in [0.15, 0.2) is 34.4 Å². The van der Waals surface area contributed by atoms with Crippen LogP contribution in [0.1, 0.15) is 18.9 Å². The molecule has 0 atom stereocenters. The third kappa shape index (κ3) is 2.96. The van der Waals surface area contributed by atoms with Crippen LogP contribution in [-0.4, -0.2) is 23.9 Å². The van der Waals surface area contributed by atoms with E-state index >= 15 is 0 Å². The van der Waals surface area contributed by atoms with Crippen molar-refractivity contribution in [1.82, 2.24) is 4.90 Å². The summed E-state index contributed by atoms with van der Waals surface area (Å²) in [5.74, 6) is 0.0231. The molecule has 0 radical (unpaired) electrons. The summed E-state index contributed by atoms with van der Waals surface area (Å²) < 4.78 is 0.814. The van der Waals surface area contributed by atoms with Gasteiger partial charge in [0.2, 0.25) is 5.91 Å². The van der Waals surface area contributed by atoms with E-state index in [1.54, 1.807) is 17.0 Å². The van der Waals surface area contributed by atoms with E-state index < -0.39 is 0 Å². The second kappa shape index (κ2) is 5.89. The van der Waals surface area contributed by atoms with Crippen molar-refractivity contribution in [3.05, 3.63) is 40.0 Å². The normalized spacial score (nSPS) is 14.3. The average molecular weight is 320 g/mol. The number of carbonyl (C=O) groups is 1. The van der Waals surface area contributed by atoms with Crippen LogP contribution in [0, 0.1) is 11.3 Å². The number of rotatable bonds is 4. The summed E-state index contributed by atoms with van der Waals surface area (Å²) in [6, 6.07) is 7.56. The number of hydrogen-bond acceptors (Lipinski definition) is 3. The lowest BCUT2D eigenvalue weighted by atomic mass is 10.2. The molecule has 1 N–H and O–H groups in total. The molecule has 0 aromatic heterocycles. The molecule has 19 heavy (non-hydrogen) atoms. The predicted octanol–water partition coefficient (Wildman–Crippen LogP) is 2.87. The van der Waals surface area contributed by atoms with Crippen molar-refractivity contribution in [2.24, 2.45) is 0 Å². The van der Waals surface area contributed by atoms with Crippen LogP contribution in [-0.2, 0) is 4.79 Å². The monoisotopic (exact) mass is 319 g/mol. The zero-order valence-corrected chi connectivity index (χ0v) is 12.2. The maximum absolute atomic E-state index is 11.7. The molecule has 1 aliphatic heterocycles. The lowest BCUT2D eigenvalue weighted by Crippen LogP contribution is -2.27. The molecular formula is C14H14BrN3O. The molecule has 1 amide bonds. The van der Waals surface area contributed by atoms with Crippen LogP contribution in [0.3, 0.4) is 0 Å². The van der Waals surface area contributed by atoms with Gasteiger partial charge in [0.15, 0.2) is 0 Å². The Balaban J connectivity index is 2.18. The minimum Gasteiger partial charge on any atom is -0.355 e. The molecule has 1 aliphatic rings. The van der Waals surface area contributed by atoms with Crippen LogP contribution in [0.25, 0.3) is 0 Å². The van der Waals surface area contributed by atoms with Gasteiger partial charge < -0.3 is 10.2 Å². The molecule has 98 valence electrons. The molecule has 0 saturated carbocycles. The highest BCUT2D eigenvalue weighted by Crippen LogP contribution is 2.28. The third-order valence-electron chi connectivity index (χ3n) is 2.88. The fraction of sp³-hybridized carbons (Fsp3) is 0.286. The van der Waals surface area contributed by atoms with Crippen LogP contribution in [0.2, 0.25) is 0 Å². The summed E-state index contributed by atoms with van der Waals surface area (Å²) in [5.41, 5.74) is 2.08. The topological polar surface area (TPSA) is 56.1 Å². The largest absolute Gasteiger partial charge is 0.355 e. The van der Waals surface area contributed by atoms with E-state index in [0.29, 0.717) is 17.8 Å². The molecule has 5 heteroatoms. The number of para-hydroxylation sites is 1. The van der Waals surface area contributed by atoms with E-state index in [4.69, 9.17) is 5.26 Å². The Morgan fingerprint density at radius 3 is 3.00 bits per heavy atom. The van der Waals surface area contributed by atoms with Crippen LogP contribution in [0.4, 0.5) is 5.69 Å². The molecule has 1 heterocycles. The smallest absolute Gasteiger partial charge is 0.248 e. The molecule has 0 aliphatic carbocycles. The first-order valence-corrected chi connectivity index (χ1v) is 6.90. The van der Waals surface area contributed by atoms with Crippen molar-refractivity contribution in [2.75, 3.05) is 18.4 Å². The van der Waals surface area contributed by atoms with Gasteiger partial charge in [-0.1, -0.05) is 13.0 Å². The zero-order valence-electron chi connectivity index (χ0n) is 10.6. The minimum atomic E-state index is 0.0231. The number of amides is 1. The standard InChI is InChI=1S/C14H14BrN3O/c1-2-6-18-9-11(7-13(18)19)17-14-10(8-16)4-3-5-12(14)15/h3-5,7,17H,2,6,9H2,1H3. The molecule has 0 unspecified atom stereocenters. The molecule has 1 aromatic carbocycles.